The summed E-state index contributed by atoms with van der Waals surface area (Å²) in [5.74, 6) is 0.749. The first kappa shape index (κ1) is 18.0. The lowest BCUT2D eigenvalue weighted by atomic mass is 10.1. The van der Waals surface area contributed by atoms with Gasteiger partial charge in [-0.05, 0) is 65.4 Å². The van der Waals surface area contributed by atoms with Gasteiger partial charge in [-0.25, -0.2) is 4.57 Å². The standard InChI is InChI=1S/C22H17O5P/c23-17-8-12-19(13-9-17)26-28(25,27-20-14-10-18(24)11-15-20)22-7-3-5-16-4-1-2-6-21(16)22/h1-15,23-24H. The normalized spacial score (nSPS) is 11.3. The van der Waals surface area contributed by atoms with E-state index in [9.17, 15) is 14.8 Å². The van der Waals surface area contributed by atoms with Crippen molar-refractivity contribution in [2.75, 3.05) is 0 Å². The van der Waals surface area contributed by atoms with E-state index in [4.69, 9.17) is 9.05 Å². The van der Waals surface area contributed by atoms with Crippen LogP contribution < -0.4 is 14.4 Å². The van der Waals surface area contributed by atoms with Crippen molar-refractivity contribution in [2.24, 2.45) is 0 Å². The summed E-state index contributed by atoms with van der Waals surface area (Å²) in [5, 5.41) is 21.1. The Kier molecular flexibility index (Phi) is 4.68. The highest BCUT2D eigenvalue weighted by Gasteiger charge is 2.33. The largest absolute Gasteiger partial charge is 0.508 e. The van der Waals surface area contributed by atoms with E-state index in [2.05, 4.69) is 0 Å². The van der Waals surface area contributed by atoms with Gasteiger partial charge in [0.05, 0.1) is 5.30 Å². The van der Waals surface area contributed by atoms with Crippen LogP contribution in [0.3, 0.4) is 0 Å². The summed E-state index contributed by atoms with van der Waals surface area (Å²) >= 11 is 0. The molecule has 0 amide bonds. The molecule has 0 aliphatic carbocycles. The predicted molar refractivity (Wildman–Crippen MR) is 109 cm³/mol. The second kappa shape index (κ2) is 7.29. The molecule has 0 fully saturated rings. The molecular formula is C22H17O5P. The SMILES string of the molecule is O=P(Oc1ccc(O)cc1)(Oc1ccc(O)cc1)c1cccc2ccccc12. The van der Waals surface area contributed by atoms with Crippen molar-refractivity contribution in [2.45, 2.75) is 0 Å². The van der Waals surface area contributed by atoms with E-state index in [1.165, 1.54) is 48.5 Å². The van der Waals surface area contributed by atoms with E-state index in [1.807, 2.05) is 30.3 Å². The molecule has 0 aliphatic rings. The lowest BCUT2D eigenvalue weighted by Crippen LogP contribution is -2.15. The van der Waals surface area contributed by atoms with Crippen LogP contribution in [0, 0.1) is 0 Å². The van der Waals surface area contributed by atoms with Crippen molar-refractivity contribution < 1.29 is 23.8 Å². The number of phenols is 2. The Morgan fingerprint density at radius 2 is 1.11 bits per heavy atom. The van der Waals surface area contributed by atoms with Crippen LogP contribution in [-0.4, -0.2) is 10.2 Å². The Bertz CT molecular complexity index is 1100. The van der Waals surface area contributed by atoms with E-state index in [1.54, 1.807) is 12.1 Å². The second-order valence-corrected chi connectivity index (χ2v) is 8.01. The molecule has 0 aliphatic heterocycles. The van der Waals surface area contributed by atoms with Crippen LogP contribution in [0.2, 0.25) is 0 Å². The minimum absolute atomic E-state index is 0.0757. The first-order valence-corrected chi connectivity index (χ1v) is 10.1. The van der Waals surface area contributed by atoms with Crippen LogP contribution in [0.15, 0.2) is 91.0 Å². The maximum Gasteiger partial charge on any atom is 0.463 e. The lowest BCUT2D eigenvalue weighted by Gasteiger charge is -2.21. The van der Waals surface area contributed by atoms with E-state index in [0.29, 0.717) is 16.8 Å². The molecule has 0 atom stereocenters. The Hall–Kier alpha value is -3.43. The summed E-state index contributed by atoms with van der Waals surface area (Å²) in [6.07, 6.45) is 0. The number of rotatable bonds is 5. The fourth-order valence-corrected chi connectivity index (χ4v) is 4.66. The highest BCUT2D eigenvalue weighted by Crippen LogP contribution is 2.49. The molecule has 140 valence electrons. The first-order valence-electron chi connectivity index (χ1n) is 8.59. The highest BCUT2D eigenvalue weighted by atomic mass is 31.2. The molecule has 28 heavy (non-hydrogen) atoms. The zero-order chi connectivity index (χ0) is 19.6. The smallest absolute Gasteiger partial charge is 0.463 e. The third-order valence-electron chi connectivity index (χ3n) is 4.19. The molecule has 5 nitrogen and oxygen atoms in total. The molecule has 4 rings (SSSR count). The summed E-state index contributed by atoms with van der Waals surface area (Å²) in [6, 6.07) is 24.8. The van der Waals surface area contributed by atoms with Crippen LogP contribution in [0.5, 0.6) is 23.0 Å². The molecule has 4 aromatic rings. The quantitative estimate of drug-likeness (QED) is 0.455. The van der Waals surface area contributed by atoms with Gasteiger partial charge < -0.3 is 19.3 Å². The minimum atomic E-state index is -3.85. The Morgan fingerprint density at radius 1 is 0.607 bits per heavy atom. The Morgan fingerprint density at radius 3 is 1.68 bits per heavy atom. The molecule has 0 spiro atoms. The summed E-state index contributed by atoms with van der Waals surface area (Å²) < 4.78 is 25.7. The number of hydrogen-bond acceptors (Lipinski definition) is 5. The van der Waals surface area contributed by atoms with Gasteiger partial charge >= 0.3 is 7.60 Å². The zero-order valence-electron chi connectivity index (χ0n) is 14.7. The zero-order valence-corrected chi connectivity index (χ0v) is 15.6. The topological polar surface area (TPSA) is 76.0 Å². The molecule has 4 aromatic carbocycles. The molecule has 0 aromatic heterocycles. The van der Waals surface area contributed by atoms with Crippen LogP contribution >= 0.6 is 7.60 Å². The van der Waals surface area contributed by atoms with Gasteiger partial charge in [-0.2, -0.15) is 0 Å². The van der Waals surface area contributed by atoms with Crippen molar-refractivity contribution in [1.82, 2.24) is 0 Å². The molecule has 2 N–H and O–H groups in total. The number of aromatic hydroxyl groups is 2. The maximum atomic E-state index is 14.0. The summed E-state index contributed by atoms with van der Waals surface area (Å²) in [6.45, 7) is 0. The van der Waals surface area contributed by atoms with Crippen molar-refractivity contribution in [1.29, 1.82) is 0 Å². The fourth-order valence-electron chi connectivity index (χ4n) is 2.86. The summed E-state index contributed by atoms with van der Waals surface area (Å²) in [4.78, 5) is 0. The highest BCUT2D eigenvalue weighted by molar-refractivity contribution is 7.63. The van der Waals surface area contributed by atoms with Gasteiger partial charge in [-0.15, -0.1) is 0 Å². The third-order valence-corrected chi connectivity index (χ3v) is 6.07. The number of phenolic OH excluding ortho intramolecular Hbond substituents is 2. The predicted octanol–water partition coefficient (Wildman–Crippen LogP) is 5.23. The van der Waals surface area contributed by atoms with E-state index >= 15 is 0 Å². The van der Waals surface area contributed by atoms with Gasteiger partial charge in [0.1, 0.15) is 23.0 Å². The molecular weight excluding hydrogens is 375 g/mol. The van der Waals surface area contributed by atoms with Gasteiger partial charge in [0.25, 0.3) is 0 Å². The molecule has 0 heterocycles. The van der Waals surface area contributed by atoms with Gasteiger partial charge in [0.15, 0.2) is 0 Å². The molecule has 0 unspecified atom stereocenters. The van der Waals surface area contributed by atoms with Crippen LogP contribution in [-0.2, 0) is 4.57 Å². The van der Waals surface area contributed by atoms with Crippen molar-refractivity contribution in [3.05, 3.63) is 91.0 Å². The lowest BCUT2D eigenvalue weighted by molar-refractivity contribution is 0.398. The maximum absolute atomic E-state index is 14.0. The van der Waals surface area contributed by atoms with Gasteiger partial charge in [0.2, 0.25) is 0 Å². The van der Waals surface area contributed by atoms with E-state index < -0.39 is 7.60 Å². The number of fused-ring (bicyclic) bond motifs is 1. The van der Waals surface area contributed by atoms with Crippen LogP contribution in [0.4, 0.5) is 0 Å². The number of hydrogen-bond donors (Lipinski definition) is 2. The van der Waals surface area contributed by atoms with E-state index in [-0.39, 0.29) is 11.5 Å². The average Bonchev–Trinajstić information content (AvgIpc) is 2.71. The molecule has 0 radical (unpaired) electrons. The summed E-state index contributed by atoms with van der Waals surface area (Å²) in [7, 11) is -3.85. The monoisotopic (exact) mass is 392 g/mol. The van der Waals surface area contributed by atoms with Crippen LogP contribution in [0.1, 0.15) is 0 Å². The van der Waals surface area contributed by atoms with Crippen molar-refractivity contribution >= 4 is 23.7 Å². The first-order chi connectivity index (χ1) is 13.5. The molecule has 0 saturated carbocycles. The minimum Gasteiger partial charge on any atom is -0.508 e. The van der Waals surface area contributed by atoms with E-state index in [0.717, 1.165) is 10.8 Å². The average molecular weight is 392 g/mol. The van der Waals surface area contributed by atoms with Gasteiger partial charge in [-0.1, -0.05) is 36.4 Å². The van der Waals surface area contributed by atoms with Gasteiger partial charge in [-0.3, -0.25) is 0 Å². The second-order valence-electron chi connectivity index (χ2n) is 6.17. The third kappa shape index (κ3) is 3.66. The molecule has 6 heteroatoms. The van der Waals surface area contributed by atoms with Crippen LogP contribution in [0.25, 0.3) is 10.8 Å². The van der Waals surface area contributed by atoms with Crippen molar-refractivity contribution in [3.8, 4) is 23.0 Å². The molecule has 0 bridgehead atoms. The molecule has 0 saturated heterocycles. The van der Waals surface area contributed by atoms with Crippen molar-refractivity contribution in [3.63, 3.8) is 0 Å². The number of benzene rings is 4. The van der Waals surface area contributed by atoms with Gasteiger partial charge in [0, 0.05) is 0 Å². The Balaban J connectivity index is 1.83. The Labute approximate surface area is 162 Å². The fraction of sp³-hybridized carbons (Fsp3) is 0. The summed E-state index contributed by atoms with van der Waals surface area (Å²) in [5.41, 5.74) is 0.